The number of hydrogen-bond acceptors (Lipinski definition) is 2. The molecular formula is C20H21F3N2O. The summed E-state index contributed by atoms with van der Waals surface area (Å²) in [5.74, 6) is -0.0459. The van der Waals surface area contributed by atoms with E-state index in [2.05, 4.69) is 10.2 Å². The van der Waals surface area contributed by atoms with Gasteiger partial charge in [-0.3, -0.25) is 4.79 Å². The summed E-state index contributed by atoms with van der Waals surface area (Å²) in [5, 5.41) is 2.95. The molecular weight excluding hydrogens is 341 g/mol. The summed E-state index contributed by atoms with van der Waals surface area (Å²) < 4.78 is 38.1. The molecule has 3 nitrogen and oxygen atoms in total. The summed E-state index contributed by atoms with van der Waals surface area (Å²) in [6, 6.07) is 14.8. The molecule has 1 fully saturated rings. The van der Waals surface area contributed by atoms with Crippen LogP contribution >= 0.6 is 0 Å². The van der Waals surface area contributed by atoms with E-state index >= 15 is 0 Å². The second kappa shape index (κ2) is 7.81. The van der Waals surface area contributed by atoms with Crippen LogP contribution in [0.5, 0.6) is 0 Å². The van der Waals surface area contributed by atoms with Crippen molar-refractivity contribution in [2.75, 3.05) is 18.0 Å². The summed E-state index contributed by atoms with van der Waals surface area (Å²) in [6.45, 7) is 1.28. The molecule has 1 atom stereocenters. The van der Waals surface area contributed by atoms with Gasteiger partial charge >= 0.3 is 6.18 Å². The van der Waals surface area contributed by atoms with Crippen LogP contribution in [-0.2, 0) is 17.4 Å². The van der Waals surface area contributed by atoms with Gasteiger partial charge in [0.25, 0.3) is 0 Å². The van der Waals surface area contributed by atoms with Crippen LogP contribution in [0.2, 0.25) is 0 Å². The van der Waals surface area contributed by atoms with Gasteiger partial charge in [0.1, 0.15) is 0 Å². The Hall–Kier alpha value is -2.50. The number of amides is 1. The summed E-state index contributed by atoms with van der Waals surface area (Å²) in [5.41, 5.74) is 1.07. The Balaban J connectivity index is 1.57. The number of halogens is 3. The van der Waals surface area contributed by atoms with Crippen molar-refractivity contribution in [2.45, 2.75) is 31.5 Å². The highest BCUT2D eigenvalue weighted by Gasteiger charge is 2.31. The van der Waals surface area contributed by atoms with Gasteiger partial charge in [-0.2, -0.15) is 13.2 Å². The molecule has 0 unspecified atom stereocenters. The molecule has 3 rings (SSSR count). The largest absolute Gasteiger partial charge is 0.416 e. The second-order valence-corrected chi connectivity index (χ2v) is 6.50. The minimum atomic E-state index is -4.33. The number of anilines is 1. The van der Waals surface area contributed by atoms with E-state index in [4.69, 9.17) is 0 Å². The molecule has 0 radical (unpaired) electrons. The number of carbonyl (C=O) groups is 1. The monoisotopic (exact) mass is 362 g/mol. The van der Waals surface area contributed by atoms with Gasteiger partial charge in [-0.25, -0.2) is 0 Å². The fraction of sp³-hybridized carbons (Fsp3) is 0.350. The summed E-state index contributed by atoms with van der Waals surface area (Å²) in [6.07, 6.45) is -2.13. The van der Waals surface area contributed by atoms with Gasteiger partial charge < -0.3 is 10.2 Å². The van der Waals surface area contributed by atoms with Crippen molar-refractivity contribution in [3.8, 4) is 0 Å². The molecule has 1 aliphatic heterocycles. The molecule has 0 aromatic heterocycles. The second-order valence-electron chi connectivity index (χ2n) is 6.50. The van der Waals surface area contributed by atoms with Crippen LogP contribution < -0.4 is 10.2 Å². The first-order chi connectivity index (χ1) is 12.4. The lowest BCUT2D eigenvalue weighted by atomic mass is 10.1. The van der Waals surface area contributed by atoms with Crippen molar-refractivity contribution < 1.29 is 18.0 Å². The van der Waals surface area contributed by atoms with Gasteiger partial charge in [-0.1, -0.05) is 30.3 Å². The van der Waals surface area contributed by atoms with E-state index in [9.17, 15) is 18.0 Å². The van der Waals surface area contributed by atoms with Gasteiger partial charge in [-0.05, 0) is 42.7 Å². The molecule has 1 amide bonds. The van der Waals surface area contributed by atoms with Crippen molar-refractivity contribution >= 4 is 11.6 Å². The average Bonchev–Trinajstić information content (AvgIpc) is 3.09. The first-order valence-corrected chi connectivity index (χ1v) is 8.68. The first kappa shape index (κ1) is 18.3. The SMILES string of the molecule is O=C(Cc1ccccc1)NC[C@H]1CCCN1c1ccc(C(F)(F)F)cc1. The van der Waals surface area contributed by atoms with E-state index in [1.54, 1.807) is 0 Å². The molecule has 0 aliphatic carbocycles. The smallest absolute Gasteiger partial charge is 0.367 e. The van der Waals surface area contributed by atoms with Gasteiger partial charge in [0.2, 0.25) is 5.91 Å². The van der Waals surface area contributed by atoms with Crippen molar-refractivity contribution in [1.29, 1.82) is 0 Å². The van der Waals surface area contributed by atoms with Crippen molar-refractivity contribution in [1.82, 2.24) is 5.32 Å². The third-order valence-corrected chi connectivity index (χ3v) is 4.65. The van der Waals surface area contributed by atoms with Crippen LogP contribution in [0.25, 0.3) is 0 Å². The maximum Gasteiger partial charge on any atom is 0.416 e. The zero-order chi connectivity index (χ0) is 18.6. The lowest BCUT2D eigenvalue weighted by molar-refractivity contribution is -0.137. The van der Waals surface area contributed by atoms with Gasteiger partial charge in [-0.15, -0.1) is 0 Å². The minimum Gasteiger partial charge on any atom is -0.367 e. The molecule has 138 valence electrons. The van der Waals surface area contributed by atoms with Crippen LogP contribution in [-0.4, -0.2) is 25.0 Å². The molecule has 1 N–H and O–H groups in total. The molecule has 1 heterocycles. The van der Waals surface area contributed by atoms with Crippen LogP contribution in [0.15, 0.2) is 54.6 Å². The number of nitrogens with one attached hydrogen (secondary N) is 1. The Morgan fingerprint density at radius 1 is 1.08 bits per heavy atom. The zero-order valence-corrected chi connectivity index (χ0v) is 14.3. The lowest BCUT2D eigenvalue weighted by Gasteiger charge is -2.27. The molecule has 1 saturated heterocycles. The predicted octanol–water partition coefficient (Wildman–Crippen LogP) is 4.03. The number of carbonyl (C=O) groups excluding carboxylic acids is 1. The summed E-state index contributed by atoms with van der Waals surface area (Å²) >= 11 is 0. The van der Waals surface area contributed by atoms with Gasteiger partial charge in [0, 0.05) is 24.8 Å². The first-order valence-electron chi connectivity index (χ1n) is 8.68. The van der Waals surface area contributed by atoms with E-state index in [0.29, 0.717) is 13.0 Å². The van der Waals surface area contributed by atoms with E-state index in [-0.39, 0.29) is 11.9 Å². The minimum absolute atomic E-state index is 0.0459. The van der Waals surface area contributed by atoms with Crippen LogP contribution in [0.4, 0.5) is 18.9 Å². The van der Waals surface area contributed by atoms with E-state index < -0.39 is 11.7 Å². The predicted molar refractivity (Wildman–Crippen MR) is 95.0 cm³/mol. The van der Waals surface area contributed by atoms with Crippen LogP contribution in [0, 0.1) is 0 Å². The normalized spacial score (nSPS) is 17.3. The zero-order valence-electron chi connectivity index (χ0n) is 14.3. The topological polar surface area (TPSA) is 32.3 Å². The highest BCUT2D eigenvalue weighted by Crippen LogP contribution is 2.32. The number of nitrogens with zero attached hydrogens (tertiary/aromatic N) is 1. The molecule has 0 spiro atoms. The molecule has 2 aromatic rings. The molecule has 2 aromatic carbocycles. The standard InChI is InChI=1S/C20H21F3N2O/c21-20(22,23)16-8-10-17(11-9-16)25-12-4-7-18(25)14-24-19(26)13-15-5-2-1-3-6-15/h1-3,5-6,8-11,18H,4,7,12-14H2,(H,24,26)/t18-/m1/s1. The number of rotatable bonds is 5. The highest BCUT2D eigenvalue weighted by molar-refractivity contribution is 5.78. The molecule has 6 heteroatoms. The fourth-order valence-corrected chi connectivity index (χ4v) is 3.31. The van der Waals surface area contributed by atoms with Crippen molar-refractivity contribution in [3.05, 3.63) is 65.7 Å². The lowest BCUT2D eigenvalue weighted by Crippen LogP contribution is -2.40. The third-order valence-electron chi connectivity index (χ3n) is 4.65. The van der Waals surface area contributed by atoms with Gasteiger partial charge in [0.15, 0.2) is 0 Å². The van der Waals surface area contributed by atoms with E-state index in [1.165, 1.54) is 12.1 Å². The summed E-state index contributed by atoms with van der Waals surface area (Å²) in [7, 11) is 0. The Kier molecular flexibility index (Phi) is 5.49. The Labute approximate surface area is 150 Å². The van der Waals surface area contributed by atoms with E-state index in [0.717, 1.165) is 42.8 Å². The van der Waals surface area contributed by atoms with Crippen molar-refractivity contribution in [3.63, 3.8) is 0 Å². The van der Waals surface area contributed by atoms with E-state index in [1.807, 2.05) is 30.3 Å². The van der Waals surface area contributed by atoms with Gasteiger partial charge in [0.05, 0.1) is 12.0 Å². The van der Waals surface area contributed by atoms with Crippen LogP contribution in [0.1, 0.15) is 24.0 Å². The molecule has 1 aliphatic rings. The third kappa shape index (κ3) is 4.56. The Morgan fingerprint density at radius 3 is 2.42 bits per heavy atom. The maximum absolute atomic E-state index is 12.7. The maximum atomic E-state index is 12.7. The molecule has 0 saturated carbocycles. The fourth-order valence-electron chi connectivity index (χ4n) is 3.31. The number of alkyl halides is 3. The number of benzene rings is 2. The summed E-state index contributed by atoms with van der Waals surface area (Å²) in [4.78, 5) is 14.2. The average molecular weight is 362 g/mol. The van der Waals surface area contributed by atoms with Crippen LogP contribution in [0.3, 0.4) is 0 Å². The number of hydrogen-bond donors (Lipinski definition) is 1. The molecule has 0 bridgehead atoms. The van der Waals surface area contributed by atoms with Crippen molar-refractivity contribution in [2.24, 2.45) is 0 Å². The molecule has 26 heavy (non-hydrogen) atoms. The quantitative estimate of drug-likeness (QED) is 0.871. The Morgan fingerprint density at radius 2 is 1.77 bits per heavy atom. The highest BCUT2D eigenvalue weighted by atomic mass is 19.4. The Bertz CT molecular complexity index is 729.